The number of aliphatic hydroxyl groups is 4. The van der Waals surface area contributed by atoms with Crippen LogP contribution in [0.4, 0.5) is 0 Å². The second kappa shape index (κ2) is 8.05. The molecule has 158 valence electrons. The van der Waals surface area contributed by atoms with Gasteiger partial charge in [0, 0.05) is 11.6 Å². The number of phenols is 1. The summed E-state index contributed by atoms with van der Waals surface area (Å²) in [5.74, 6) is -0.167. The number of phenolic OH excluding ortho intramolecular Hbond substituents is 1. The minimum absolute atomic E-state index is 0.0776. The van der Waals surface area contributed by atoms with E-state index in [-0.39, 0.29) is 22.7 Å². The zero-order chi connectivity index (χ0) is 21.4. The Balaban J connectivity index is 1.60. The lowest BCUT2D eigenvalue weighted by Gasteiger charge is -2.39. The normalized spacial score (nSPS) is 26.6. The molecule has 2 unspecified atom stereocenters. The molecule has 30 heavy (non-hydrogen) atoms. The number of hydrogen-bond acceptors (Lipinski definition) is 9. The molecule has 0 spiro atoms. The van der Waals surface area contributed by atoms with E-state index >= 15 is 0 Å². The smallest absolute Gasteiger partial charge is 0.229 e. The minimum Gasteiger partial charge on any atom is -0.504 e. The van der Waals surface area contributed by atoms with Gasteiger partial charge in [-0.15, -0.1) is 0 Å². The lowest BCUT2D eigenvalue weighted by Crippen LogP contribution is -2.60. The average molecular weight is 416 g/mol. The molecule has 1 aliphatic rings. The van der Waals surface area contributed by atoms with E-state index in [4.69, 9.17) is 13.9 Å². The Hall–Kier alpha value is -2.95. The number of aromatic hydroxyl groups is 1. The van der Waals surface area contributed by atoms with Gasteiger partial charge in [-0.25, -0.2) is 0 Å². The summed E-state index contributed by atoms with van der Waals surface area (Å²) in [6.45, 7) is -0.600. The molecule has 3 aromatic rings. The molecule has 4 rings (SSSR count). The van der Waals surface area contributed by atoms with Gasteiger partial charge in [-0.2, -0.15) is 0 Å². The van der Waals surface area contributed by atoms with Crippen LogP contribution in [0.15, 0.2) is 57.7 Å². The molecule has 1 fully saturated rings. The summed E-state index contributed by atoms with van der Waals surface area (Å²) in [5, 5.41) is 49.8. The van der Waals surface area contributed by atoms with Crippen LogP contribution in [0, 0.1) is 0 Å². The van der Waals surface area contributed by atoms with Gasteiger partial charge in [-0.05, 0) is 30.3 Å². The van der Waals surface area contributed by atoms with Gasteiger partial charge in [-0.3, -0.25) is 4.79 Å². The van der Waals surface area contributed by atoms with Gasteiger partial charge in [0.1, 0.15) is 35.8 Å². The summed E-state index contributed by atoms with van der Waals surface area (Å²) < 4.78 is 16.4. The van der Waals surface area contributed by atoms with Gasteiger partial charge in [0.05, 0.1) is 12.0 Å². The highest BCUT2D eigenvalue weighted by Gasteiger charge is 2.44. The topological polar surface area (TPSA) is 150 Å². The van der Waals surface area contributed by atoms with Crippen LogP contribution < -0.4 is 10.2 Å². The molecule has 0 amide bonds. The first-order valence-electron chi connectivity index (χ1n) is 9.22. The average Bonchev–Trinajstić information content (AvgIpc) is 2.75. The first-order chi connectivity index (χ1) is 14.4. The molecule has 1 aliphatic heterocycles. The Bertz CT molecular complexity index is 1110. The second-order valence-corrected chi connectivity index (χ2v) is 6.97. The van der Waals surface area contributed by atoms with Crippen LogP contribution in [0.3, 0.4) is 0 Å². The van der Waals surface area contributed by atoms with E-state index in [1.807, 2.05) is 0 Å². The maximum atomic E-state index is 12.3. The van der Waals surface area contributed by atoms with E-state index in [0.717, 1.165) is 0 Å². The molecule has 0 saturated carbocycles. The predicted octanol–water partition coefficient (Wildman–Crippen LogP) is 0.344. The van der Waals surface area contributed by atoms with E-state index in [1.165, 1.54) is 24.3 Å². The Morgan fingerprint density at radius 1 is 0.967 bits per heavy atom. The number of para-hydroxylation sites is 1. The lowest BCUT2D eigenvalue weighted by atomic mass is 9.99. The highest BCUT2D eigenvalue weighted by Crippen LogP contribution is 2.34. The quantitative estimate of drug-likeness (QED) is 0.406. The summed E-state index contributed by atoms with van der Waals surface area (Å²) in [5.41, 5.74) is 0.589. The first-order valence-corrected chi connectivity index (χ1v) is 9.22. The van der Waals surface area contributed by atoms with Crippen LogP contribution in [-0.4, -0.2) is 62.8 Å². The summed E-state index contributed by atoms with van der Waals surface area (Å²) in [6, 6.07) is 12.3. The molecular weight excluding hydrogens is 396 g/mol. The summed E-state index contributed by atoms with van der Waals surface area (Å²) >= 11 is 0. The van der Waals surface area contributed by atoms with Crippen molar-refractivity contribution in [1.82, 2.24) is 0 Å². The summed E-state index contributed by atoms with van der Waals surface area (Å²) in [4.78, 5) is 12.3. The molecule has 0 aliphatic carbocycles. The zero-order valence-corrected chi connectivity index (χ0v) is 15.6. The zero-order valence-electron chi connectivity index (χ0n) is 15.6. The Morgan fingerprint density at radius 3 is 2.47 bits per heavy atom. The fourth-order valence-electron chi connectivity index (χ4n) is 3.31. The molecule has 5 atom stereocenters. The highest BCUT2D eigenvalue weighted by atomic mass is 16.7. The van der Waals surface area contributed by atoms with Crippen molar-refractivity contribution < 1.29 is 39.4 Å². The van der Waals surface area contributed by atoms with Crippen LogP contribution >= 0.6 is 0 Å². The van der Waals surface area contributed by atoms with E-state index in [1.54, 1.807) is 24.3 Å². The van der Waals surface area contributed by atoms with E-state index in [9.17, 15) is 30.3 Å². The molecule has 0 bridgehead atoms. The molecule has 2 aromatic carbocycles. The fourth-order valence-corrected chi connectivity index (χ4v) is 3.31. The van der Waals surface area contributed by atoms with Crippen molar-refractivity contribution in [3.8, 4) is 22.8 Å². The Labute approximate surface area is 170 Å². The number of ether oxygens (including phenoxy) is 2. The van der Waals surface area contributed by atoms with Crippen LogP contribution in [0.5, 0.6) is 11.5 Å². The van der Waals surface area contributed by atoms with Crippen molar-refractivity contribution in [3.05, 3.63) is 58.8 Å². The molecule has 2 heterocycles. The monoisotopic (exact) mass is 416 g/mol. The van der Waals surface area contributed by atoms with Crippen molar-refractivity contribution in [1.29, 1.82) is 0 Å². The third-order valence-corrected chi connectivity index (χ3v) is 4.97. The van der Waals surface area contributed by atoms with Crippen molar-refractivity contribution in [2.45, 2.75) is 30.7 Å². The second-order valence-electron chi connectivity index (χ2n) is 6.97. The summed E-state index contributed by atoms with van der Waals surface area (Å²) in [7, 11) is 0. The van der Waals surface area contributed by atoms with E-state index in [2.05, 4.69) is 0 Å². The number of benzene rings is 2. The molecular formula is C21H20O9. The first kappa shape index (κ1) is 20.3. The number of fused-ring (bicyclic) bond motifs is 1. The fraction of sp³-hybridized carbons (Fsp3) is 0.286. The maximum absolute atomic E-state index is 12.3. The predicted molar refractivity (Wildman–Crippen MR) is 104 cm³/mol. The van der Waals surface area contributed by atoms with Gasteiger partial charge in [0.25, 0.3) is 0 Å². The maximum Gasteiger partial charge on any atom is 0.229 e. The standard InChI is InChI=1S/C21H20O9/c22-9-17-18(25)19(26)20(27)21(30-17)29-15-6-5-10(7-13(15)24)16-8-12(23)11-3-1-2-4-14(11)28-16/h1-8,17-22,24-27H,9H2/t17?,18-,19?,20-,21+/m0/s1. The minimum atomic E-state index is -1.61. The molecule has 0 radical (unpaired) electrons. The van der Waals surface area contributed by atoms with Crippen molar-refractivity contribution in [2.24, 2.45) is 0 Å². The third kappa shape index (κ3) is 3.64. The van der Waals surface area contributed by atoms with Gasteiger partial charge in [-0.1, -0.05) is 12.1 Å². The van der Waals surface area contributed by atoms with Crippen LogP contribution in [0.1, 0.15) is 0 Å². The van der Waals surface area contributed by atoms with Crippen molar-refractivity contribution >= 4 is 11.0 Å². The van der Waals surface area contributed by atoms with Crippen LogP contribution in [0.2, 0.25) is 0 Å². The summed E-state index contributed by atoms with van der Waals surface area (Å²) in [6.07, 6.45) is -7.30. The Kier molecular flexibility index (Phi) is 5.46. The third-order valence-electron chi connectivity index (χ3n) is 4.97. The molecule has 9 nitrogen and oxygen atoms in total. The van der Waals surface area contributed by atoms with Crippen LogP contribution in [0.25, 0.3) is 22.3 Å². The SMILES string of the molecule is O=c1cc(-c2ccc(O[C@@H]3OC(CO)[C@H](O)C(O)[C@@H]3O)c(O)c2)oc2ccccc12. The van der Waals surface area contributed by atoms with Crippen LogP contribution in [-0.2, 0) is 4.74 Å². The van der Waals surface area contributed by atoms with Crippen molar-refractivity contribution in [2.75, 3.05) is 6.61 Å². The van der Waals surface area contributed by atoms with Gasteiger partial charge >= 0.3 is 0 Å². The Morgan fingerprint density at radius 2 is 1.73 bits per heavy atom. The van der Waals surface area contributed by atoms with Gasteiger partial charge in [0.2, 0.25) is 6.29 Å². The lowest BCUT2D eigenvalue weighted by molar-refractivity contribution is -0.277. The number of rotatable bonds is 4. The van der Waals surface area contributed by atoms with Gasteiger partial charge in [0.15, 0.2) is 16.9 Å². The molecule has 1 aromatic heterocycles. The van der Waals surface area contributed by atoms with Gasteiger partial charge < -0.3 is 39.4 Å². The number of hydrogen-bond donors (Lipinski definition) is 5. The highest BCUT2D eigenvalue weighted by molar-refractivity contribution is 5.78. The number of aliphatic hydroxyl groups excluding tert-OH is 4. The molecule has 9 heteroatoms. The van der Waals surface area contributed by atoms with E-state index in [0.29, 0.717) is 16.5 Å². The van der Waals surface area contributed by atoms with E-state index < -0.39 is 37.3 Å². The van der Waals surface area contributed by atoms with Crippen molar-refractivity contribution in [3.63, 3.8) is 0 Å². The molecule has 1 saturated heterocycles. The molecule has 5 N–H and O–H groups in total. The largest absolute Gasteiger partial charge is 0.504 e.